The van der Waals surface area contributed by atoms with Gasteiger partial charge in [0.2, 0.25) is 11.8 Å². The van der Waals surface area contributed by atoms with Crippen LogP contribution in [0, 0.1) is 0 Å². The van der Waals surface area contributed by atoms with Gasteiger partial charge in [-0.2, -0.15) is 0 Å². The molecule has 2 aliphatic heterocycles. The third kappa shape index (κ3) is 3.39. The van der Waals surface area contributed by atoms with Gasteiger partial charge in [-0.05, 0) is 43.5 Å². The van der Waals surface area contributed by atoms with E-state index in [-0.39, 0.29) is 23.8 Å². The van der Waals surface area contributed by atoms with Crippen LogP contribution >= 0.6 is 0 Å². The molecular weight excluding hydrogens is 366 g/mol. The molecule has 3 amide bonds. The SMILES string of the molecule is CCCN1C(=O)[C@@H]2CCC(=O)N2c2ccc(C(=O)N[C@H](C)c3ccccc3)cc21. The Morgan fingerprint density at radius 1 is 1.14 bits per heavy atom. The zero-order valence-corrected chi connectivity index (χ0v) is 16.7. The molecule has 29 heavy (non-hydrogen) atoms. The fraction of sp³-hybridized carbons (Fsp3) is 0.348. The highest BCUT2D eigenvalue weighted by Crippen LogP contribution is 2.41. The van der Waals surface area contributed by atoms with E-state index in [9.17, 15) is 14.4 Å². The Labute approximate surface area is 170 Å². The standard InChI is InChI=1S/C23H25N3O3/c1-3-13-25-20-14-17(22(28)24-15(2)16-7-5-4-6-8-16)9-10-18(20)26-19(23(25)29)11-12-21(26)27/h4-10,14-15,19H,3,11-13H2,1-2H3,(H,24,28)/t15-,19+/m1/s1. The second-order valence-corrected chi connectivity index (χ2v) is 7.62. The first-order valence-electron chi connectivity index (χ1n) is 10.1. The fourth-order valence-electron chi connectivity index (χ4n) is 4.16. The molecule has 0 unspecified atom stereocenters. The van der Waals surface area contributed by atoms with Gasteiger partial charge in [-0.1, -0.05) is 37.3 Å². The maximum atomic E-state index is 13.0. The summed E-state index contributed by atoms with van der Waals surface area (Å²) in [6.07, 6.45) is 1.73. The Balaban J connectivity index is 1.65. The predicted octanol–water partition coefficient (Wildman–Crippen LogP) is 3.43. The van der Waals surface area contributed by atoms with Crippen molar-refractivity contribution in [3.05, 3.63) is 59.7 Å². The molecule has 2 heterocycles. The lowest BCUT2D eigenvalue weighted by Gasteiger charge is -2.38. The van der Waals surface area contributed by atoms with Crippen LogP contribution in [0.5, 0.6) is 0 Å². The van der Waals surface area contributed by atoms with Crippen molar-refractivity contribution in [1.29, 1.82) is 0 Å². The zero-order valence-electron chi connectivity index (χ0n) is 16.7. The Bertz CT molecular complexity index is 957. The first-order chi connectivity index (χ1) is 14.0. The molecule has 0 radical (unpaired) electrons. The topological polar surface area (TPSA) is 69.7 Å². The number of carbonyl (C=O) groups is 3. The predicted molar refractivity (Wildman–Crippen MR) is 112 cm³/mol. The number of amides is 3. The van der Waals surface area contributed by atoms with Gasteiger partial charge >= 0.3 is 0 Å². The fourth-order valence-corrected chi connectivity index (χ4v) is 4.16. The van der Waals surface area contributed by atoms with Crippen LogP contribution in [0.4, 0.5) is 11.4 Å². The van der Waals surface area contributed by atoms with Crippen LogP contribution in [0.1, 0.15) is 55.1 Å². The number of hydrogen-bond donors (Lipinski definition) is 1. The summed E-state index contributed by atoms with van der Waals surface area (Å²) in [6.45, 7) is 4.51. The summed E-state index contributed by atoms with van der Waals surface area (Å²) in [4.78, 5) is 41.6. The van der Waals surface area contributed by atoms with Crippen molar-refractivity contribution in [3.63, 3.8) is 0 Å². The van der Waals surface area contributed by atoms with Gasteiger partial charge in [0.1, 0.15) is 6.04 Å². The minimum absolute atomic E-state index is 0.0318. The summed E-state index contributed by atoms with van der Waals surface area (Å²) in [5, 5.41) is 3.01. The summed E-state index contributed by atoms with van der Waals surface area (Å²) in [5.74, 6) is -0.293. The Morgan fingerprint density at radius 2 is 1.90 bits per heavy atom. The molecule has 0 saturated carbocycles. The van der Waals surface area contributed by atoms with Crippen LogP contribution < -0.4 is 15.1 Å². The lowest BCUT2D eigenvalue weighted by Crippen LogP contribution is -2.52. The summed E-state index contributed by atoms with van der Waals surface area (Å²) in [5.41, 5.74) is 2.86. The van der Waals surface area contributed by atoms with Crippen LogP contribution in [-0.4, -0.2) is 30.3 Å². The number of carbonyl (C=O) groups excluding carboxylic acids is 3. The van der Waals surface area contributed by atoms with Crippen molar-refractivity contribution >= 4 is 29.1 Å². The molecule has 4 rings (SSSR count). The summed E-state index contributed by atoms with van der Waals surface area (Å²) >= 11 is 0. The second kappa shape index (κ2) is 7.70. The highest BCUT2D eigenvalue weighted by molar-refractivity contribution is 6.15. The molecule has 0 bridgehead atoms. The Hall–Kier alpha value is -3.15. The number of nitrogens with zero attached hydrogens (tertiary/aromatic N) is 2. The zero-order chi connectivity index (χ0) is 20.5. The normalized spacial score (nSPS) is 19.0. The Morgan fingerprint density at radius 3 is 2.62 bits per heavy atom. The number of nitrogens with one attached hydrogen (secondary N) is 1. The summed E-state index contributed by atoms with van der Waals surface area (Å²) < 4.78 is 0. The molecule has 2 aromatic rings. The molecule has 150 valence electrons. The van der Waals surface area contributed by atoms with Crippen LogP contribution in [0.25, 0.3) is 0 Å². The molecule has 6 nitrogen and oxygen atoms in total. The minimum atomic E-state index is -0.417. The van der Waals surface area contributed by atoms with Crippen molar-refractivity contribution in [3.8, 4) is 0 Å². The number of hydrogen-bond acceptors (Lipinski definition) is 3. The van der Waals surface area contributed by atoms with Crippen molar-refractivity contribution in [2.24, 2.45) is 0 Å². The van der Waals surface area contributed by atoms with Crippen LogP contribution in [0.2, 0.25) is 0 Å². The van der Waals surface area contributed by atoms with Crippen molar-refractivity contribution in [2.75, 3.05) is 16.3 Å². The molecule has 1 N–H and O–H groups in total. The van der Waals surface area contributed by atoms with Crippen molar-refractivity contribution in [2.45, 2.75) is 45.2 Å². The minimum Gasteiger partial charge on any atom is -0.346 e. The average molecular weight is 391 g/mol. The maximum absolute atomic E-state index is 13.0. The molecule has 2 aliphatic rings. The van der Waals surface area contributed by atoms with E-state index in [1.165, 1.54) is 0 Å². The number of fused-ring (bicyclic) bond motifs is 3. The molecule has 0 spiro atoms. The summed E-state index contributed by atoms with van der Waals surface area (Å²) in [6, 6.07) is 14.5. The van der Waals surface area contributed by atoms with Gasteiger partial charge in [0.15, 0.2) is 0 Å². The van der Waals surface area contributed by atoms with Crippen LogP contribution in [-0.2, 0) is 9.59 Å². The lowest BCUT2D eigenvalue weighted by molar-refractivity contribution is -0.122. The molecule has 1 saturated heterocycles. The summed E-state index contributed by atoms with van der Waals surface area (Å²) in [7, 11) is 0. The average Bonchev–Trinajstić information content (AvgIpc) is 3.13. The molecular formula is C23H25N3O3. The van der Waals surface area contributed by atoms with Gasteiger partial charge in [0.25, 0.3) is 5.91 Å². The van der Waals surface area contributed by atoms with Gasteiger partial charge in [0, 0.05) is 18.5 Å². The second-order valence-electron chi connectivity index (χ2n) is 7.62. The molecule has 1 fully saturated rings. The maximum Gasteiger partial charge on any atom is 0.251 e. The first kappa shape index (κ1) is 19.2. The highest BCUT2D eigenvalue weighted by atomic mass is 16.2. The largest absolute Gasteiger partial charge is 0.346 e. The first-order valence-corrected chi connectivity index (χ1v) is 10.1. The smallest absolute Gasteiger partial charge is 0.251 e. The van der Waals surface area contributed by atoms with Crippen LogP contribution in [0.3, 0.4) is 0 Å². The van der Waals surface area contributed by atoms with E-state index in [2.05, 4.69) is 5.32 Å². The van der Waals surface area contributed by atoms with E-state index in [4.69, 9.17) is 0 Å². The molecule has 0 aromatic heterocycles. The molecule has 2 atom stereocenters. The molecule has 0 aliphatic carbocycles. The third-order valence-corrected chi connectivity index (χ3v) is 5.65. The van der Waals surface area contributed by atoms with Crippen LogP contribution in [0.15, 0.2) is 48.5 Å². The van der Waals surface area contributed by atoms with E-state index in [0.717, 1.165) is 17.7 Å². The van der Waals surface area contributed by atoms with Gasteiger partial charge in [-0.25, -0.2) is 0 Å². The third-order valence-electron chi connectivity index (χ3n) is 5.65. The highest BCUT2D eigenvalue weighted by Gasteiger charge is 2.44. The van der Waals surface area contributed by atoms with E-state index < -0.39 is 6.04 Å². The Kier molecular flexibility index (Phi) is 5.09. The number of rotatable bonds is 5. The van der Waals surface area contributed by atoms with E-state index in [1.807, 2.05) is 44.2 Å². The quantitative estimate of drug-likeness (QED) is 0.849. The molecule has 6 heteroatoms. The van der Waals surface area contributed by atoms with Crippen molar-refractivity contribution < 1.29 is 14.4 Å². The lowest BCUT2D eigenvalue weighted by atomic mass is 10.0. The van der Waals surface area contributed by atoms with E-state index >= 15 is 0 Å². The van der Waals surface area contributed by atoms with Gasteiger partial charge in [-0.3, -0.25) is 19.3 Å². The van der Waals surface area contributed by atoms with Gasteiger partial charge < -0.3 is 10.2 Å². The van der Waals surface area contributed by atoms with Gasteiger partial charge in [-0.15, -0.1) is 0 Å². The number of anilines is 2. The number of benzene rings is 2. The van der Waals surface area contributed by atoms with Gasteiger partial charge in [0.05, 0.1) is 17.4 Å². The van der Waals surface area contributed by atoms with Crippen molar-refractivity contribution in [1.82, 2.24) is 5.32 Å². The monoisotopic (exact) mass is 391 g/mol. The van der Waals surface area contributed by atoms with E-state index in [0.29, 0.717) is 30.6 Å². The molecule has 2 aromatic carbocycles. The van der Waals surface area contributed by atoms with E-state index in [1.54, 1.807) is 28.0 Å².